The molecule has 0 aliphatic heterocycles. The topological polar surface area (TPSA) is 95.6 Å². The Kier molecular flexibility index (Phi) is 3.55. The molecule has 0 aliphatic carbocycles. The Balaban J connectivity index is 1.83. The third-order valence-corrected chi connectivity index (χ3v) is 2.70. The number of hydrogen-bond acceptors (Lipinski definition) is 6. The molecule has 0 spiro atoms. The van der Waals surface area contributed by atoms with E-state index >= 15 is 0 Å². The molecule has 2 heterocycles. The fraction of sp³-hybridized carbons (Fsp3) is 0. The van der Waals surface area contributed by atoms with Crippen LogP contribution >= 0.6 is 0 Å². The normalized spacial score (nSPS) is 10.1. The van der Waals surface area contributed by atoms with E-state index in [1.165, 1.54) is 0 Å². The highest BCUT2D eigenvalue weighted by Crippen LogP contribution is 2.12. The summed E-state index contributed by atoms with van der Waals surface area (Å²) in [7, 11) is 0. The van der Waals surface area contributed by atoms with Crippen LogP contribution in [0.1, 0.15) is 0 Å². The summed E-state index contributed by atoms with van der Waals surface area (Å²) in [4.78, 5) is 26.1. The van der Waals surface area contributed by atoms with Gasteiger partial charge in [0.05, 0.1) is 5.69 Å². The van der Waals surface area contributed by atoms with Crippen LogP contribution < -0.4 is 16.5 Å². The van der Waals surface area contributed by atoms with Gasteiger partial charge < -0.3 is 0 Å². The zero-order valence-corrected chi connectivity index (χ0v) is 10.9. The van der Waals surface area contributed by atoms with Crippen LogP contribution in [0.5, 0.6) is 0 Å². The first kappa shape index (κ1) is 12.8. The molecule has 0 atom stereocenters. The highest BCUT2D eigenvalue weighted by atomic mass is 16.1. The van der Waals surface area contributed by atoms with E-state index in [4.69, 9.17) is 0 Å². The van der Waals surface area contributed by atoms with Crippen LogP contribution in [0.2, 0.25) is 0 Å². The Labute approximate surface area is 120 Å². The first-order chi connectivity index (χ1) is 10.3. The number of rotatable bonds is 4. The Bertz CT molecular complexity index is 772. The zero-order chi connectivity index (χ0) is 14.5. The summed E-state index contributed by atoms with van der Waals surface area (Å²) in [5.41, 5.74) is 6.85. The largest absolute Gasteiger partial charge is 0.349 e. The monoisotopic (exact) mass is 280 g/mol. The Morgan fingerprint density at radius 2 is 1.67 bits per heavy atom. The minimum absolute atomic E-state index is 0.189. The molecule has 0 radical (unpaired) electrons. The van der Waals surface area contributed by atoms with E-state index in [1.807, 2.05) is 30.3 Å². The summed E-state index contributed by atoms with van der Waals surface area (Å²) < 4.78 is 0. The predicted molar refractivity (Wildman–Crippen MR) is 79.6 cm³/mol. The van der Waals surface area contributed by atoms with Gasteiger partial charge in [0, 0.05) is 18.0 Å². The maximum atomic E-state index is 11.6. The number of para-hydroxylation sites is 1. The van der Waals surface area contributed by atoms with Gasteiger partial charge in [-0.15, -0.1) is 0 Å². The van der Waals surface area contributed by atoms with Gasteiger partial charge in [-0.2, -0.15) is 9.97 Å². The third kappa shape index (κ3) is 3.21. The highest BCUT2D eigenvalue weighted by Gasteiger charge is 2.04. The molecule has 7 heteroatoms. The van der Waals surface area contributed by atoms with Crippen molar-refractivity contribution in [3.8, 4) is 11.4 Å². The lowest BCUT2D eigenvalue weighted by atomic mass is 10.2. The molecule has 0 unspecified atom stereocenters. The summed E-state index contributed by atoms with van der Waals surface area (Å²) in [6.07, 6.45) is 3.26. The summed E-state index contributed by atoms with van der Waals surface area (Å²) in [5, 5.41) is 0. The smallest absolute Gasteiger partial charge is 0.298 e. The van der Waals surface area contributed by atoms with Crippen molar-refractivity contribution in [1.29, 1.82) is 0 Å². The number of hydrazine groups is 1. The summed E-state index contributed by atoms with van der Waals surface area (Å²) in [5.74, 6) is 0.615. The lowest BCUT2D eigenvalue weighted by molar-refractivity contribution is 0.993. The number of anilines is 2. The number of hydrogen-bond donors (Lipinski definition) is 3. The van der Waals surface area contributed by atoms with E-state index in [-0.39, 0.29) is 5.95 Å². The molecular weight excluding hydrogens is 268 g/mol. The second-order valence-corrected chi connectivity index (χ2v) is 4.18. The summed E-state index contributed by atoms with van der Waals surface area (Å²) in [6.45, 7) is 0. The Morgan fingerprint density at radius 3 is 2.43 bits per heavy atom. The van der Waals surface area contributed by atoms with E-state index in [2.05, 4.69) is 30.8 Å². The van der Waals surface area contributed by atoms with Gasteiger partial charge in [-0.3, -0.25) is 20.8 Å². The van der Waals surface area contributed by atoms with Crippen LogP contribution in [0.25, 0.3) is 11.4 Å². The van der Waals surface area contributed by atoms with Crippen molar-refractivity contribution in [1.82, 2.24) is 19.9 Å². The lowest BCUT2D eigenvalue weighted by Crippen LogP contribution is -2.19. The van der Waals surface area contributed by atoms with Gasteiger partial charge in [-0.1, -0.05) is 18.2 Å². The zero-order valence-electron chi connectivity index (χ0n) is 10.9. The van der Waals surface area contributed by atoms with Gasteiger partial charge >= 0.3 is 5.69 Å². The molecule has 0 bridgehead atoms. The number of aromatic nitrogens is 4. The van der Waals surface area contributed by atoms with Crippen LogP contribution in [-0.2, 0) is 0 Å². The Hall–Kier alpha value is -3.22. The third-order valence-electron chi connectivity index (χ3n) is 2.70. The molecular formula is C14H12N6O. The number of benzene rings is 1. The van der Waals surface area contributed by atoms with Crippen LogP contribution in [-0.4, -0.2) is 19.9 Å². The molecule has 0 saturated carbocycles. The van der Waals surface area contributed by atoms with Gasteiger partial charge in [0.1, 0.15) is 5.82 Å². The van der Waals surface area contributed by atoms with Crippen molar-refractivity contribution < 1.29 is 0 Å². The van der Waals surface area contributed by atoms with E-state index in [0.717, 1.165) is 11.3 Å². The SMILES string of the molecule is O=c1nc(NNc2ccccc2)nc(-c2ccncc2)[nH]1. The number of pyridine rings is 1. The van der Waals surface area contributed by atoms with Crippen LogP contribution in [0.4, 0.5) is 11.6 Å². The number of aromatic amines is 1. The second-order valence-electron chi connectivity index (χ2n) is 4.18. The summed E-state index contributed by atoms with van der Waals surface area (Å²) >= 11 is 0. The minimum Gasteiger partial charge on any atom is -0.298 e. The van der Waals surface area contributed by atoms with Gasteiger partial charge in [0.25, 0.3) is 0 Å². The summed E-state index contributed by atoms with van der Waals surface area (Å²) in [6, 6.07) is 13.0. The number of nitrogens with one attached hydrogen (secondary N) is 3. The maximum absolute atomic E-state index is 11.6. The average Bonchev–Trinajstić information content (AvgIpc) is 2.54. The van der Waals surface area contributed by atoms with Crippen LogP contribution in [0, 0.1) is 0 Å². The lowest BCUT2D eigenvalue weighted by Gasteiger charge is -2.08. The van der Waals surface area contributed by atoms with Crippen molar-refractivity contribution in [2.24, 2.45) is 0 Å². The van der Waals surface area contributed by atoms with Crippen LogP contribution in [0.3, 0.4) is 0 Å². The number of nitrogens with zero attached hydrogens (tertiary/aromatic N) is 3. The van der Waals surface area contributed by atoms with E-state index < -0.39 is 5.69 Å². The molecule has 3 rings (SSSR count). The molecule has 0 aliphatic rings. The molecule has 2 aromatic heterocycles. The molecule has 3 N–H and O–H groups in total. The van der Waals surface area contributed by atoms with Crippen molar-refractivity contribution in [3.05, 3.63) is 65.3 Å². The van der Waals surface area contributed by atoms with Gasteiger partial charge in [0.2, 0.25) is 5.95 Å². The van der Waals surface area contributed by atoms with Crippen molar-refractivity contribution in [2.75, 3.05) is 10.9 Å². The van der Waals surface area contributed by atoms with E-state index in [1.54, 1.807) is 24.5 Å². The first-order valence-corrected chi connectivity index (χ1v) is 6.27. The van der Waals surface area contributed by atoms with E-state index in [9.17, 15) is 4.79 Å². The maximum Gasteiger partial charge on any atom is 0.349 e. The molecule has 0 fully saturated rings. The van der Waals surface area contributed by atoms with Gasteiger partial charge in [0.15, 0.2) is 0 Å². The molecule has 1 aromatic carbocycles. The molecule has 0 saturated heterocycles. The molecule has 21 heavy (non-hydrogen) atoms. The fourth-order valence-corrected chi connectivity index (χ4v) is 1.74. The van der Waals surface area contributed by atoms with Crippen molar-refractivity contribution >= 4 is 11.6 Å². The molecule has 104 valence electrons. The molecule has 3 aromatic rings. The fourth-order valence-electron chi connectivity index (χ4n) is 1.74. The van der Waals surface area contributed by atoms with Crippen molar-refractivity contribution in [3.63, 3.8) is 0 Å². The Morgan fingerprint density at radius 1 is 0.905 bits per heavy atom. The van der Waals surface area contributed by atoms with Crippen LogP contribution in [0.15, 0.2) is 59.7 Å². The minimum atomic E-state index is -0.478. The molecule has 7 nitrogen and oxygen atoms in total. The van der Waals surface area contributed by atoms with E-state index in [0.29, 0.717) is 5.82 Å². The van der Waals surface area contributed by atoms with Crippen molar-refractivity contribution in [2.45, 2.75) is 0 Å². The number of H-pyrrole nitrogens is 1. The second kappa shape index (κ2) is 5.83. The van der Waals surface area contributed by atoms with Gasteiger partial charge in [-0.05, 0) is 24.3 Å². The van der Waals surface area contributed by atoms with Gasteiger partial charge in [-0.25, -0.2) is 4.79 Å². The highest BCUT2D eigenvalue weighted by molar-refractivity contribution is 5.55. The first-order valence-electron chi connectivity index (χ1n) is 6.27. The standard InChI is InChI=1S/C14H12N6O/c21-14-17-12(10-6-8-15-9-7-10)16-13(18-14)20-19-11-4-2-1-3-5-11/h1-9,19H,(H2,16,17,18,20,21). The quantitative estimate of drug-likeness (QED) is 0.629. The average molecular weight is 280 g/mol. The molecule has 0 amide bonds. The predicted octanol–water partition coefficient (Wildman–Crippen LogP) is 1.67.